The number of carbonyl (C=O) groups excluding carboxylic acids is 4. The molecule has 3 N–H and O–H groups in total. The molecule has 9 heteroatoms. The number of carbonyl (C=O) groups is 4. The van der Waals surface area contributed by atoms with E-state index in [1.54, 1.807) is 0 Å². The third-order valence-corrected chi connectivity index (χ3v) is 6.48. The van der Waals surface area contributed by atoms with Gasteiger partial charge in [0, 0.05) is 37.9 Å². The molecule has 180 valence electrons. The summed E-state index contributed by atoms with van der Waals surface area (Å²) >= 11 is 0. The van der Waals surface area contributed by atoms with Gasteiger partial charge in [-0.15, -0.1) is 0 Å². The van der Waals surface area contributed by atoms with Crippen LogP contribution in [0.5, 0.6) is 0 Å². The number of nitrogens with one attached hydrogen (secondary N) is 3. The highest BCUT2D eigenvalue weighted by Gasteiger charge is 2.32. The second-order valence-corrected chi connectivity index (χ2v) is 8.90. The molecule has 32 heavy (non-hydrogen) atoms. The highest BCUT2D eigenvalue weighted by atomic mass is 16.5. The van der Waals surface area contributed by atoms with Crippen LogP contribution in [0.15, 0.2) is 5.10 Å². The number of Topliss-reactive ketones (excluding diaryl/α,β-unsaturated/α-hetero) is 1. The Kier molecular flexibility index (Phi) is 10.6. The predicted molar refractivity (Wildman–Crippen MR) is 121 cm³/mol. The van der Waals surface area contributed by atoms with Crippen LogP contribution in [-0.4, -0.2) is 48.6 Å². The monoisotopic (exact) mass is 450 g/mol. The van der Waals surface area contributed by atoms with Crippen LogP contribution in [0.25, 0.3) is 0 Å². The molecule has 0 heterocycles. The Balaban J connectivity index is 1.65. The maximum absolute atomic E-state index is 12.5. The van der Waals surface area contributed by atoms with Crippen LogP contribution < -0.4 is 16.1 Å². The van der Waals surface area contributed by atoms with Crippen LogP contribution in [-0.2, 0) is 19.1 Å². The fraction of sp³-hybridized carbons (Fsp3) is 0.783. The molecular weight excluding hydrogens is 412 g/mol. The van der Waals surface area contributed by atoms with Crippen LogP contribution in [0.3, 0.4) is 0 Å². The van der Waals surface area contributed by atoms with Crippen molar-refractivity contribution < 1.29 is 23.9 Å². The molecule has 0 aromatic heterocycles. The Morgan fingerprint density at radius 1 is 1.03 bits per heavy atom. The number of ketones is 1. The lowest BCUT2D eigenvalue weighted by Crippen LogP contribution is -2.40. The van der Waals surface area contributed by atoms with Crippen molar-refractivity contribution in [2.45, 2.75) is 90.7 Å². The second-order valence-electron chi connectivity index (χ2n) is 8.90. The Bertz CT molecular complexity index is 688. The van der Waals surface area contributed by atoms with Crippen molar-refractivity contribution in [3.05, 3.63) is 0 Å². The number of hydrogen-bond acceptors (Lipinski definition) is 6. The smallest absolute Gasteiger partial charge is 0.335 e. The summed E-state index contributed by atoms with van der Waals surface area (Å²) in [5.74, 6) is 0.333. The van der Waals surface area contributed by atoms with Gasteiger partial charge in [0.15, 0.2) is 0 Å². The van der Waals surface area contributed by atoms with E-state index in [9.17, 15) is 19.2 Å². The standard InChI is InChI=1S/C23H38N4O5/c1-4-19(26-22(30)18-10-11-20(12-18)32-15(3)28)14-25-27-23(31)24-13-16-6-8-17(9-7-16)21(29)5-2/h14,16-20H,4-13H2,1-3H3,(H,26,30)(H2,24,27,31)/b25-14+/t16?,17?,18-,19-,20-/m0/s1. The Morgan fingerprint density at radius 2 is 1.72 bits per heavy atom. The molecule has 2 aliphatic carbocycles. The van der Waals surface area contributed by atoms with E-state index in [1.165, 1.54) is 13.1 Å². The van der Waals surface area contributed by atoms with Crippen LogP contribution >= 0.6 is 0 Å². The van der Waals surface area contributed by atoms with E-state index < -0.39 is 0 Å². The highest BCUT2D eigenvalue weighted by Crippen LogP contribution is 2.30. The average Bonchev–Trinajstić information content (AvgIpc) is 3.24. The molecule has 0 aromatic carbocycles. The summed E-state index contributed by atoms with van der Waals surface area (Å²) in [4.78, 5) is 47.3. The fourth-order valence-electron chi connectivity index (χ4n) is 4.50. The number of amides is 3. The van der Waals surface area contributed by atoms with Crippen molar-refractivity contribution in [3.63, 3.8) is 0 Å². The molecule has 0 radical (unpaired) electrons. The zero-order valence-electron chi connectivity index (χ0n) is 19.5. The maximum Gasteiger partial charge on any atom is 0.335 e. The average molecular weight is 451 g/mol. The number of urea groups is 1. The van der Waals surface area contributed by atoms with Gasteiger partial charge in [-0.1, -0.05) is 13.8 Å². The minimum absolute atomic E-state index is 0.0837. The van der Waals surface area contributed by atoms with Gasteiger partial charge < -0.3 is 15.4 Å². The van der Waals surface area contributed by atoms with Gasteiger partial charge in [0.05, 0.1) is 6.04 Å². The number of nitrogens with zero attached hydrogens (tertiary/aromatic N) is 1. The van der Waals surface area contributed by atoms with Crippen molar-refractivity contribution in [3.8, 4) is 0 Å². The first-order chi connectivity index (χ1) is 15.3. The fourth-order valence-corrected chi connectivity index (χ4v) is 4.50. The molecule has 2 rings (SSSR count). The van der Waals surface area contributed by atoms with E-state index in [1.807, 2.05) is 13.8 Å². The molecule has 3 atom stereocenters. The van der Waals surface area contributed by atoms with Gasteiger partial charge in [-0.2, -0.15) is 5.10 Å². The molecule has 0 aromatic rings. The summed E-state index contributed by atoms with van der Waals surface area (Å²) in [6.45, 7) is 5.77. The summed E-state index contributed by atoms with van der Waals surface area (Å²) in [7, 11) is 0. The Labute approximate surface area is 190 Å². The van der Waals surface area contributed by atoms with Crippen LogP contribution in [0.4, 0.5) is 4.79 Å². The number of rotatable bonds is 10. The first-order valence-electron chi connectivity index (χ1n) is 11.9. The normalized spacial score (nSPS) is 26.3. The predicted octanol–water partition coefficient (Wildman–Crippen LogP) is 2.68. The van der Waals surface area contributed by atoms with Gasteiger partial charge in [0.2, 0.25) is 5.91 Å². The Morgan fingerprint density at radius 3 is 2.34 bits per heavy atom. The van der Waals surface area contributed by atoms with E-state index >= 15 is 0 Å². The molecule has 2 aliphatic rings. The van der Waals surface area contributed by atoms with Crippen molar-refractivity contribution in [2.24, 2.45) is 22.9 Å². The third kappa shape index (κ3) is 8.59. The van der Waals surface area contributed by atoms with Crippen LogP contribution in [0.2, 0.25) is 0 Å². The summed E-state index contributed by atoms with van der Waals surface area (Å²) in [5.41, 5.74) is 2.45. The van der Waals surface area contributed by atoms with Gasteiger partial charge in [-0.25, -0.2) is 10.2 Å². The lowest BCUT2D eigenvalue weighted by atomic mass is 9.79. The number of ether oxygens (including phenoxy) is 1. The molecule has 0 spiro atoms. The van der Waals surface area contributed by atoms with Gasteiger partial charge in [-0.3, -0.25) is 14.4 Å². The Hall–Kier alpha value is -2.45. The molecular formula is C23H38N4O5. The van der Waals surface area contributed by atoms with Crippen LogP contribution in [0.1, 0.15) is 78.6 Å². The van der Waals surface area contributed by atoms with E-state index in [2.05, 4.69) is 21.2 Å². The lowest BCUT2D eigenvalue weighted by Gasteiger charge is -2.27. The zero-order valence-corrected chi connectivity index (χ0v) is 19.5. The van der Waals surface area contributed by atoms with Gasteiger partial charge in [-0.05, 0) is 57.3 Å². The van der Waals surface area contributed by atoms with E-state index in [0.717, 1.165) is 25.7 Å². The zero-order chi connectivity index (χ0) is 23.5. The summed E-state index contributed by atoms with van der Waals surface area (Å²) in [6.07, 6.45) is 8.19. The van der Waals surface area contributed by atoms with Crippen molar-refractivity contribution in [2.75, 3.05) is 6.54 Å². The number of esters is 1. The summed E-state index contributed by atoms with van der Waals surface area (Å²) < 4.78 is 5.19. The first-order valence-corrected chi connectivity index (χ1v) is 11.9. The minimum Gasteiger partial charge on any atom is -0.463 e. The van der Waals surface area contributed by atoms with Crippen molar-refractivity contribution >= 4 is 29.9 Å². The summed E-state index contributed by atoms with van der Waals surface area (Å²) in [6, 6.07) is -0.670. The molecule has 3 amide bonds. The molecule has 0 saturated heterocycles. The minimum atomic E-state index is -0.380. The molecule has 0 unspecified atom stereocenters. The first kappa shape index (κ1) is 25.8. The molecule has 0 aliphatic heterocycles. The molecule has 9 nitrogen and oxygen atoms in total. The lowest BCUT2D eigenvalue weighted by molar-refractivity contribution is -0.146. The van der Waals surface area contributed by atoms with E-state index in [-0.39, 0.29) is 41.9 Å². The number of hydrogen-bond donors (Lipinski definition) is 3. The third-order valence-electron chi connectivity index (χ3n) is 6.48. The topological polar surface area (TPSA) is 126 Å². The molecule has 2 fully saturated rings. The van der Waals surface area contributed by atoms with Gasteiger partial charge in [0.1, 0.15) is 11.9 Å². The van der Waals surface area contributed by atoms with Crippen molar-refractivity contribution in [1.82, 2.24) is 16.1 Å². The maximum atomic E-state index is 12.5. The highest BCUT2D eigenvalue weighted by molar-refractivity contribution is 5.83. The van der Waals surface area contributed by atoms with Crippen molar-refractivity contribution in [1.29, 1.82) is 0 Å². The van der Waals surface area contributed by atoms with E-state index in [0.29, 0.717) is 50.4 Å². The number of hydrazone groups is 1. The van der Waals surface area contributed by atoms with Gasteiger partial charge >= 0.3 is 12.0 Å². The second kappa shape index (κ2) is 13.2. The SMILES string of the molecule is CCC(=O)C1CCC(CNC(=O)N/N=C/[C@H](CC)NC(=O)[C@H]2CC[C@H](OC(C)=O)C2)CC1. The van der Waals surface area contributed by atoms with Crippen LogP contribution in [0, 0.1) is 17.8 Å². The molecule has 2 saturated carbocycles. The largest absolute Gasteiger partial charge is 0.463 e. The van der Waals surface area contributed by atoms with Gasteiger partial charge in [0.25, 0.3) is 0 Å². The summed E-state index contributed by atoms with van der Waals surface area (Å²) in [5, 5.41) is 9.73. The quantitative estimate of drug-likeness (QED) is 0.268. The molecule has 0 bridgehead atoms. The van der Waals surface area contributed by atoms with E-state index in [4.69, 9.17) is 4.74 Å².